The van der Waals surface area contributed by atoms with E-state index in [0.717, 1.165) is 62.6 Å². The van der Waals surface area contributed by atoms with E-state index in [1.807, 2.05) is 31.2 Å². The molecule has 174 valence electrons. The van der Waals surface area contributed by atoms with E-state index in [2.05, 4.69) is 5.32 Å². The normalized spacial score (nSPS) is 37.2. The van der Waals surface area contributed by atoms with Crippen LogP contribution in [0.4, 0.5) is 5.69 Å². The molecule has 6 rings (SSSR count). The van der Waals surface area contributed by atoms with Gasteiger partial charge in [-0.15, -0.1) is 0 Å². The Labute approximate surface area is 189 Å². The van der Waals surface area contributed by atoms with E-state index in [-0.39, 0.29) is 18.1 Å². The molecule has 5 atom stereocenters. The average molecular weight is 444 g/mol. The first-order valence-electron chi connectivity index (χ1n) is 12.3. The van der Waals surface area contributed by atoms with Crippen molar-refractivity contribution in [2.24, 2.45) is 0 Å². The van der Waals surface area contributed by atoms with Crippen LogP contribution in [0.2, 0.25) is 0 Å². The van der Waals surface area contributed by atoms with Crippen LogP contribution < -0.4 is 5.32 Å². The largest absolute Gasteiger partial charge is 0.341 e. The molecule has 0 radical (unpaired) electrons. The lowest BCUT2D eigenvalue weighted by atomic mass is 9.94. The van der Waals surface area contributed by atoms with Gasteiger partial charge in [-0.05, 0) is 44.7 Å². The molecule has 2 spiro atoms. The molecule has 2 aliphatic carbocycles. The van der Waals surface area contributed by atoms with Gasteiger partial charge >= 0.3 is 0 Å². The highest BCUT2D eigenvalue weighted by atomic mass is 16.9. The smallest absolute Gasteiger partial charge is 0.256 e. The Hall–Kier alpha value is -1.51. The fourth-order valence-electron chi connectivity index (χ4n) is 6.02. The second kappa shape index (κ2) is 8.06. The molecule has 0 unspecified atom stereocenters. The molecule has 32 heavy (non-hydrogen) atoms. The van der Waals surface area contributed by atoms with Crippen LogP contribution in [0.15, 0.2) is 24.3 Å². The molecule has 1 amide bonds. The molecular weight excluding hydrogens is 410 g/mol. The summed E-state index contributed by atoms with van der Waals surface area (Å²) in [6, 6.07) is 7.75. The van der Waals surface area contributed by atoms with Crippen molar-refractivity contribution in [3.8, 4) is 0 Å². The van der Waals surface area contributed by atoms with Gasteiger partial charge in [0.2, 0.25) is 0 Å². The summed E-state index contributed by atoms with van der Waals surface area (Å²) in [6.45, 7) is 2.02. The number of anilines is 1. The number of ether oxygens (including phenoxy) is 5. The van der Waals surface area contributed by atoms with Crippen molar-refractivity contribution >= 4 is 11.6 Å². The third-order valence-corrected chi connectivity index (χ3v) is 7.69. The monoisotopic (exact) mass is 443 g/mol. The number of fused-ring (bicyclic) bond motifs is 3. The fraction of sp³-hybridized carbons (Fsp3) is 0.720. The van der Waals surface area contributed by atoms with Crippen LogP contribution in [0.3, 0.4) is 0 Å². The molecule has 0 bridgehead atoms. The Morgan fingerprint density at radius 3 is 2.00 bits per heavy atom. The minimum atomic E-state index is -0.814. The molecule has 5 aliphatic rings. The molecule has 1 aromatic carbocycles. The number of aryl methyl sites for hydroxylation is 1. The number of carbonyl (C=O) groups is 1. The van der Waals surface area contributed by atoms with Crippen molar-refractivity contribution in [2.75, 3.05) is 5.32 Å². The van der Waals surface area contributed by atoms with Gasteiger partial charge in [-0.25, -0.2) is 0 Å². The Kier molecular flexibility index (Phi) is 5.30. The number of hydrogen-bond donors (Lipinski definition) is 1. The standard InChI is InChI=1S/C25H33NO6/c1-16-8-10-17(11-9-16)26-22(27)20-18-19(30-24(29-18)12-4-2-5-13-24)21-23(28-20)32-25(31-21)14-6-3-7-15-25/h8-11,18-21,23H,2-7,12-15H2,1H3,(H,26,27)/t18-,19-,20-,21+,23-/m0/s1. The highest BCUT2D eigenvalue weighted by molar-refractivity contribution is 5.94. The number of benzene rings is 1. The number of rotatable bonds is 2. The first-order valence-corrected chi connectivity index (χ1v) is 12.3. The zero-order valence-electron chi connectivity index (χ0n) is 18.7. The topological polar surface area (TPSA) is 75.3 Å². The van der Waals surface area contributed by atoms with E-state index in [1.54, 1.807) is 0 Å². The Morgan fingerprint density at radius 2 is 1.34 bits per heavy atom. The third kappa shape index (κ3) is 3.68. The summed E-state index contributed by atoms with van der Waals surface area (Å²) in [5, 5.41) is 3.00. The summed E-state index contributed by atoms with van der Waals surface area (Å²) in [4.78, 5) is 13.4. The Morgan fingerprint density at radius 1 is 0.781 bits per heavy atom. The SMILES string of the molecule is Cc1ccc(NC(=O)[C@H]2O[C@H]3OC4(CCCCC4)O[C@@H]3[C@H]3OC4(CCCCC4)O[C@@H]32)cc1. The highest BCUT2D eigenvalue weighted by Crippen LogP contribution is 2.51. The zero-order chi connectivity index (χ0) is 21.8. The second-order valence-corrected chi connectivity index (χ2v) is 10.1. The summed E-state index contributed by atoms with van der Waals surface area (Å²) in [6.07, 6.45) is 7.37. The molecule has 3 heterocycles. The van der Waals surface area contributed by atoms with Crippen molar-refractivity contribution in [1.82, 2.24) is 0 Å². The maximum atomic E-state index is 13.4. The lowest BCUT2D eigenvalue weighted by molar-refractivity contribution is -0.246. The predicted octanol–water partition coefficient (Wildman–Crippen LogP) is 4.18. The van der Waals surface area contributed by atoms with Crippen molar-refractivity contribution in [3.05, 3.63) is 29.8 Å². The number of carbonyl (C=O) groups excluding carboxylic acids is 1. The van der Waals surface area contributed by atoms with Crippen LogP contribution in [0.1, 0.15) is 69.8 Å². The lowest BCUT2D eigenvalue weighted by Gasteiger charge is -2.36. The summed E-state index contributed by atoms with van der Waals surface area (Å²) < 4.78 is 32.3. The summed E-state index contributed by atoms with van der Waals surface area (Å²) in [7, 11) is 0. The summed E-state index contributed by atoms with van der Waals surface area (Å²) in [5.74, 6) is -1.49. The minimum Gasteiger partial charge on any atom is -0.341 e. The predicted molar refractivity (Wildman–Crippen MR) is 116 cm³/mol. The number of nitrogens with one attached hydrogen (secondary N) is 1. The van der Waals surface area contributed by atoms with Gasteiger partial charge in [-0.2, -0.15) is 0 Å². The van der Waals surface area contributed by atoms with Gasteiger partial charge in [0.25, 0.3) is 5.91 Å². The maximum Gasteiger partial charge on any atom is 0.256 e. The van der Waals surface area contributed by atoms with E-state index >= 15 is 0 Å². The zero-order valence-corrected chi connectivity index (χ0v) is 18.7. The van der Waals surface area contributed by atoms with Crippen molar-refractivity contribution in [1.29, 1.82) is 0 Å². The van der Waals surface area contributed by atoms with Crippen molar-refractivity contribution in [3.63, 3.8) is 0 Å². The van der Waals surface area contributed by atoms with Crippen LogP contribution in [0.5, 0.6) is 0 Å². The summed E-state index contributed by atoms with van der Waals surface area (Å²) in [5.41, 5.74) is 1.88. The van der Waals surface area contributed by atoms with Gasteiger partial charge in [0.05, 0.1) is 0 Å². The first kappa shape index (κ1) is 21.1. The van der Waals surface area contributed by atoms with Gasteiger partial charge in [0.1, 0.15) is 18.3 Å². The van der Waals surface area contributed by atoms with Gasteiger partial charge < -0.3 is 29.0 Å². The molecule has 2 saturated carbocycles. The molecular formula is C25H33NO6. The van der Waals surface area contributed by atoms with Crippen LogP contribution in [-0.2, 0) is 28.5 Å². The third-order valence-electron chi connectivity index (χ3n) is 7.69. The minimum absolute atomic E-state index is 0.230. The van der Waals surface area contributed by atoms with E-state index in [9.17, 15) is 4.79 Å². The molecule has 0 aromatic heterocycles. The lowest BCUT2D eigenvalue weighted by Crippen LogP contribution is -2.58. The van der Waals surface area contributed by atoms with Crippen molar-refractivity contribution in [2.45, 2.75) is 113 Å². The number of amides is 1. The van der Waals surface area contributed by atoms with Gasteiger partial charge in [-0.1, -0.05) is 30.5 Å². The van der Waals surface area contributed by atoms with Crippen LogP contribution in [-0.4, -0.2) is 48.2 Å². The number of hydrogen-bond acceptors (Lipinski definition) is 6. The Balaban J connectivity index is 1.27. The quantitative estimate of drug-likeness (QED) is 0.739. The van der Waals surface area contributed by atoms with Gasteiger partial charge in [0.15, 0.2) is 24.0 Å². The van der Waals surface area contributed by atoms with Crippen LogP contribution >= 0.6 is 0 Å². The van der Waals surface area contributed by atoms with E-state index in [1.165, 1.54) is 12.8 Å². The average Bonchev–Trinajstić information content (AvgIpc) is 3.33. The van der Waals surface area contributed by atoms with E-state index in [4.69, 9.17) is 23.7 Å². The summed E-state index contributed by atoms with van der Waals surface area (Å²) >= 11 is 0. The molecule has 3 saturated heterocycles. The van der Waals surface area contributed by atoms with Crippen LogP contribution in [0, 0.1) is 6.92 Å². The molecule has 3 aliphatic heterocycles. The van der Waals surface area contributed by atoms with E-state index in [0.29, 0.717) is 0 Å². The molecule has 5 fully saturated rings. The first-order chi connectivity index (χ1) is 15.5. The van der Waals surface area contributed by atoms with Crippen LogP contribution in [0.25, 0.3) is 0 Å². The fourth-order valence-corrected chi connectivity index (χ4v) is 6.02. The highest BCUT2D eigenvalue weighted by Gasteiger charge is 2.65. The molecule has 7 nitrogen and oxygen atoms in total. The molecule has 1 aromatic rings. The Bertz CT molecular complexity index is 844. The molecule has 1 N–H and O–H groups in total. The van der Waals surface area contributed by atoms with Crippen molar-refractivity contribution < 1.29 is 28.5 Å². The van der Waals surface area contributed by atoms with E-state index < -0.39 is 30.1 Å². The maximum absolute atomic E-state index is 13.4. The van der Waals surface area contributed by atoms with Gasteiger partial charge in [-0.3, -0.25) is 4.79 Å². The molecule has 7 heteroatoms. The van der Waals surface area contributed by atoms with Gasteiger partial charge in [0, 0.05) is 31.4 Å². The second-order valence-electron chi connectivity index (χ2n) is 10.1.